The Labute approximate surface area is 131 Å². The average molecular weight is 297 g/mol. The predicted octanol–water partition coefficient (Wildman–Crippen LogP) is 2.62. The van der Waals surface area contributed by atoms with Gasteiger partial charge < -0.3 is 10.6 Å². The number of nitrogens with two attached hydrogens (primary N) is 1. The number of likely N-dealkylation sites (tertiary alicyclic amines) is 1. The van der Waals surface area contributed by atoms with Crippen LogP contribution in [0.4, 0.5) is 5.69 Å². The van der Waals surface area contributed by atoms with Gasteiger partial charge in [-0.05, 0) is 49.8 Å². The summed E-state index contributed by atoms with van der Waals surface area (Å²) in [6.45, 7) is 8.54. The fourth-order valence-corrected chi connectivity index (χ4v) is 3.19. The zero-order valence-corrected chi connectivity index (χ0v) is 13.0. The summed E-state index contributed by atoms with van der Waals surface area (Å²) in [6.07, 6.45) is 5.16. The van der Waals surface area contributed by atoms with Crippen LogP contribution in [-0.4, -0.2) is 33.4 Å². The molecule has 1 saturated heterocycles. The van der Waals surface area contributed by atoms with Crippen molar-refractivity contribution >= 4 is 11.4 Å². The maximum Gasteiger partial charge on any atom is 0.0824 e. The first-order valence-corrected chi connectivity index (χ1v) is 7.78. The Balaban J connectivity index is 1.58. The lowest BCUT2D eigenvalue weighted by molar-refractivity contribution is 0.444. The Kier molecular flexibility index (Phi) is 4.13. The molecule has 1 aromatic carbocycles. The molecule has 5 heteroatoms. The zero-order valence-electron chi connectivity index (χ0n) is 13.0. The number of nitrogens with one attached hydrogen (secondary N) is 1. The largest absolute Gasteiger partial charge is 0.399 e. The molecular weight excluding hydrogens is 274 g/mol. The van der Waals surface area contributed by atoms with Crippen LogP contribution in [0.25, 0.3) is 5.70 Å². The fraction of sp³-hybridized carbons (Fsp3) is 0.412. The molecule has 0 aliphatic carbocycles. The SMILES string of the molecule is C=C(c1ccc(N)cc1C)N1CCC(CCc2cn[nH]n2)C1. The van der Waals surface area contributed by atoms with Gasteiger partial charge in [-0.2, -0.15) is 15.4 Å². The highest BCUT2D eigenvalue weighted by Crippen LogP contribution is 2.30. The Hall–Kier alpha value is -2.30. The third kappa shape index (κ3) is 3.13. The van der Waals surface area contributed by atoms with Crippen LogP contribution in [0.5, 0.6) is 0 Å². The van der Waals surface area contributed by atoms with E-state index in [9.17, 15) is 0 Å². The van der Waals surface area contributed by atoms with Crippen LogP contribution in [0, 0.1) is 12.8 Å². The number of hydrogen-bond donors (Lipinski definition) is 2. The molecular formula is C17H23N5. The van der Waals surface area contributed by atoms with E-state index in [1.807, 2.05) is 18.3 Å². The van der Waals surface area contributed by atoms with Crippen LogP contribution < -0.4 is 5.73 Å². The molecule has 0 spiro atoms. The molecule has 0 radical (unpaired) electrons. The van der Waals surface area contributed by atoms with Gasteiger partial charge in [-0.1, -0.05) is 12.6 Å². The number of nitrogen functional groups attached to an aromatic ring is 1. The zero-order chi connectivity index (χ0) is 15.5. The average Bonchev–Trinajstić information content (AvgIpc) is 3.16. The summed E-state index contributed by atoms with van der Waals surface area (Å²) in [4.78, 5) is 2.39. The Bertz CT molecular complexity index is 647. The smallest absolute Gasteiger partial charge is 0.0824 e. The minimum absolute atomic E-state index is 0.697. The number of anilines is 1. The topological polar surface area (TPSA) is 70.8 Å². The molecule has 1 atom stereocenters. The van der Waals surface area contributed by atoms with E-state index in [0.717, 1.165) is 43.0 Å². The summed E-state index contributed by atoms with van der Waals surface area (Å²) in [5.74, 6) is 0.697. The van der Waals surface area contributed by atoms with E-state index < -0.39 is 0 Å². The number of aryl methyl sites for hydroxylation is 2. The van der Waals surface area contributed by atoms with Crippen molar-refractivity contribution in [2.24, 2.45) is 5.92 Å². The van der Waals surface area contributed by atoms with Crippen molar-refractivity contribution in [2.45, 2.75) is 26.2 Å². The molecule has 1 unspecified atom stereocenters. The molecule has 1 aromatic heterocycles. The second-order valence-electron chi connectivity index (χ2n) is 6.12. The summed E-state index contributed by atoms with van der Waals surface area (Å²) in [5.41, 5.74) is 11.2. The lowest BCUT2D eigenvalue weighted by atomic mass is 10.0. The molecule has 1 aliphatic heterocycles. The van der Waals surface area contributed by atoms with Gasteiger partial charge in [0.2, 0.25) is 0 Å². The number of H-pyrrole nitrogens is 1. The predicted molar refractivity (Wildman–Crippen MR) is 89.0 cm³/mol. The van der Waals surface area contributed by atoms with Gasteiger partial charge in [-0.25, -0.2) is 0 Å². The summed E-state index contributed by atoms with van der Waals surface area (Å²) in [5, 5.41) is 10.6. The monoisotopic (exact) mass is 297 g/mol. The molecule has 3 rings (SSSR count). The molecule has 3 N–H and O–H groups in total. The van der Waals surface area contributed by atoms with E-state index >= 15 is 0 Å². The third-order valence-electron chi connectivity index (χ3n) is 4.50. The van der Waals surface area contributed by atoms with E-state index in [4.69, 9.17) is 5.73 Å². The van der Waals surface area contributed by atoms with Gasteiger partial charge in [0.05, 0.1) is 11.9 Å². The van der Waals surface area contributed by atoms with Crippen molar-refractivity contribution in [1.82, 2.24) is 20.3 Å². The van der Waals surface area contributed by atoms with Crippen molar-refractivity contribution < 1.29 is 0 Å². The Morgan fingerprint density at radius 3 is 3.09 bits per heavy atom. The van der Waals surface area contributed by atoms with Crippen LogP contribution in [0.2, 0.25) is 0 Å². The maximum absolute atomic E-state index is 5.83. The Morgan fingerprint density at radius 1 is 1.50 bits per heavy atom. The van der Waals surface area contributed by atoms with E-state index in [1.165, 1.54) is 17.5 Å². The van der Waals surface area contributed by atoms with Gasteiger partial charge in [0.15, 0.2) is 0 Å². The number of nitrogens with zero attached hydrogens (tertiary/aromatic N) is 3. The van der Waals surface area contributed by atoms with Gasteiger partial charge in [0.1, 0.15) is 0 Å². The first kappa shape index (κ1) is 14.6. The third-order valence-corrected chi connectivity index (χ3v) is 4.50. The van der Waals surface area contributed by atoms with E-state index in [1.54, 1.807) is 0 Å². The van der Waals surface area contributed by atoms with Gasteiger partial charge in [0, 0.05) is 30.0 Å². The van der Waals surface area contributed by atoms with Crippen LogP contribution in [-0.2, 0) is 6.42 Å². The number of benzene rings is 1. The molecule has 1 aliphatic rings. The van der Waals surface area contributed by atoms with Crippen LogP contribution in [0.3, 0.4) is 0 Å². The molecule has 2 heterocycles. The summed E-state index contributed by atoms with van der Waals surface area (Å²) in [6, 6.07) is 6.04. The fourth-order valence-electron chi connectivity index (χ4n) is 3.19. The summed E-state index contributed by atoms with van der Waals surface area (Å²) in [7, 11) is 0. The van der Waals surface area contributed by atoms with Crippen LogP contribution in [0.15, 0.2) is 31.0 Å². The molecule has 2 aromatic rings. The van der Waals surface area contributed by atoms with Gasteiger partial charge in [-0.3, -0.25) is 0 Å². The highest BCUT2D eigenvalue weighted by Gasteiger charge is 2.24. The minimum atomic E-state index is 0.697. The number of aromatic amines is 1. The van der Waals surface area contributed by atoms with Crippen molar-refractivity contribution in [1.29, 1.82) is 0 Å². The quantitative estimate of drug-likeness (QED) is 0.832. The van der Waals surface area contributed by atoms with Crippen LogP contribution >= 0.6 is 0 Å². The van der Waals surface area contributed by atoms with Crippen molar-refractivity contribution in [2.75, 3.05) is 18.8 Å². The molecule has 5 nitrogen and oxygen atoms in total. The lowest BCUT2D eigenvalue weighted by Gasteiger charge is -2.23. The van der Waals surface area contributed by atoms with Crippen LogP contribution in [0.1, 0.15) is 29.7 Å². The van der Waals surface area contributed by atoms with E-state index in [2.05, 4.69) is 39.9 Å². The number of aromatic nitrogens is 3. The standard InChI is InChI=1S/C17H23N5/c1-12-9-15(18)4-6-17(12)13(2)22-8-7-14(11-22)3-5-16-10-19-21-20-16/h4,6,9-10,14H,2-3,5,7-8,11,18H2,1H3,(H,19,20,21). The molecule has 0 bridgehead atoms. The second kappa shape index (κ2) is 6.22. The van der Waals surface area contributed by atoms with E-state index in [0.29, 0.717) is 5.92 Å². The molecule has 0 saturated carbocycles. The number of rotatable bonds is 5. The summed E-state index contributed by atoms with van der Waals surface area (Å²) < 4.78 is 0. The van der Waals surface area contributed by atoms with E-state index in [-0.39, 0.29) is 0 Å². The second-order valence-corrected chi connectivity index (χ2v) is 6.12. The van der Waals surface area contributed by atoms with Gasteiger partial charge in [0.25, 0.3) is 0 Å². The first-order valence-electron chi connectivity index (χ1n) is 7.78. The maximum atomic E-state index is 5.83. The Morgan fingerprint density at radius 2 is 2.36 bits per heavy atom. The van der Waals surface area contributed by atoms with Gasteiger partial charge in [-0.15, -0.1) is 0 Å². The number of hydrogen-bond acceptors (Lipinski definition) is 4. The van der Waals surface area contributed by atoms with Crippen molar-refractivity contribution in [3.8, 4) is 0 Å². The summed E-state index contributed by atoms with van der Waals surface area (Å²) >= 11 is 0. The molecule has 116 valence electrons. The normalized spacial score (nSPS) is 17.9. The first-order chi connectivity index (χ1) is 10.6. The highest BCUT2D eigenvalue weighted by atomic mass is 15.3. The molecule has 0 amide bonds. The van der Waals surface area contributed by atoms with Crippen molar-refractivity contribution in [3.63, 3.8) is 0 Å². The van der Waals surface area contributed by atoms with Gasteiger partial charge >= 0.3 is 0 Å². The lowest BCUT2D eigenvalue weighted by Crippen LogP contribution is -2.19. The molecule has 1 fully saturated rings. The minimum Gasteiger partial charge on any atom is -0.399 e. The highest BCUT2D eigenvalue weighted by molar-refractivity contribution is 5.67. The van der Waals surface area contributed by atoms with Crippen molar-refractivity contribution in [3.05, 3.63) is 47.8 Å². The molecule has 22 heavy (non-hydrogen) atoms.